The van der Waals surface area contributed by atoms with Crippen LogP contribution < -0.4 is 5.32 Å². The van der Waals surface area contributed by atoms with Crippen LogP contribution in [0.4, 0.5) is 10.1 Å². The van der Waals surface area contributed by atoms with Crippen LogP contribution in [0.25, 0.3) is 0 Å². The molecule has 0 radical (unpaired) electrons. The van der Waals surface area contributed by atoms with Gasteiger partial charge < -0.3 is 10.1 Å². The lowest BCUT2D eigenvalue weighted by molar-refractivity contribution is -0.385. The second-order valence-electron chi connectivity index (χ2n) is 4.19. The van der Waals surface area contributed by atoms with Crippen LogP contribution in [0.1, 0.15) is 17.3 Å². The quantitative estimate of drug-likeness (QED) is 0.359. The van der Waals surface area contributed by atoms with Crippen molar-refractivity contribution in [3.63, 3.8) is 0 Å². The third-order valence-electron chi connectivity index (χ3n) is 2.29. The van der Waals surface area contributed by atoms with E-state index in [1.54, 1.807) is 0 Å². The topological polar surface area (TPSA) is 81.5 Å². The van der Waals surface area contributed by atoms with Gasteiger partial charge in [-0.1, -0.05) is 12.2 Å². The van der Waals surface area contributed by atoms with Crippen molar-refractivity contribution in [2.24, 2.45) is 0 Å². The van der Waals surface area contributed by atoms with Crippen molar-refractivity contribution in [3.05, 3.63) is 51.8 Å². The molecule has 0 heterocycles. The molecule has 0 atom stereocenters. The molecule has 0 aliphatic heterocycles. The van der Waals surface area contributed by atoms with Crippen molar-refractivity contribution in [1.29, 1.82) is 0 Å². The lowest BCUT2D eigenvalue weighted by Gasteiger charge is -2.07. The molecule has 1 aromatic carbocycles. The van der Waals surface area contributed by atoms with Gasteiger partial charge in [0.2, 0.25) is 0 Å². The molecule has 0 aromatic heterocycles. The first-order valence-corrected chi connectivity index (χ1v) is 5.86. The van der Waals surface area contributed by atoms with Gasteiger partial charge in [0.1, 0.15) is 5.82 Å². The number of amides is 1. The van der Waals surface area contributed by atoms with Crippen molar-refractivity contribution < 1.29 is 18.8 Å². The zero-order chi connectivity index (χ0) is 15.1. The maximum absolute atomic E-state index is 13.5. The van der Waals surface area contributed by atoms with Crippen LogP contribution in [0, 0.1) is 15.9 Å². The number of nitro benzene ring substituents is 1. The molecule has 0 aliphatic rings. The Labute approximate surface area is 115 Å². The predicted molar refractivity (Wildman–Crippen MR) is 71.0 cm³/mol. The molecule has 0 saturated heterocycles. The maximum atomic E-state index is 13.5. The summed E-state index contributed by atoms with van der Waals surface area (Å²) in [7, 11) is 0. The van der Waals surface area contributed by atoms with Crippen molar-refractivity contribution in [3.8, 4) is 0 Å². The highest BCUT2D eigenvalue weighted by molar-refractivity contribution is 5.94. The van der Waals surface area contributed by atoms with Gasteiger partial charge in [0.05, 0.1) is 29.8 Å². The molecule has 0 unspecified atom stereocenters. The molecule has 0 fully saturated rings. The highest BCUT2D eigenvalue weighted by Gasteiger charge is 2.15. The molecule has 108 valence electrons. The van der Waals surface area contributed by atoms with Gasteiger partial charge in [-0.15, -0.1) is 0 Å². The molecule has 0 saturated carbocycles. The second kappa shape index (κ2) is 7.34. The monoisotopic (exact) mass is 282 g/mol. The number of nitrogens with zero attached hydrogens (tertiary/aromatic N) is 1. The van der Waals surface area contributed by atoms with Gasteiger partial charge in [-0.3, -0.25) is 14.9 Å². The van der Waals surface area contributed by atoms with Crippen LogP contribution in [0.15, 0.2) is 30.4 Å². The van der Waals surface area contributed by atoms with E-state index in [4.69, 9.17) is 4.74 Å². The van der Waals surface area contributed by atoms with Gasteiger partial charge in [0.15, 0.2) is 0 Å². The lowest BCUT2D eigenvalue weighted by Crippen LogP contribution is -2.28. The van der Waals surface area contributed by atoms with Crippen LogP contribution in [0.2, 0.25) is 0 Å². The van der Waals surface area contributed by atoms with Gasteiger partial charge in [-0.05, 0) is 13.0 Å². The molecule has 0 aliphatic carbocycles. The van der Waals surface area contributed by atoms with E-state index < -0.39 is 22.3 Å². The van der Waals surface area contributed by atoms with Crippen molar-refractivity contribution in [1.82, 2.24) is 5.32 Å². The number of halogens is 1. The molecule has 6 nitrogen and oxygen atoms in total. The molecule has 1 amide bonds. The predicted octanol–water partition coefficient (Wildman–Crippen LogP) is 2.06. The number of nitrogens with one attached hydrogen (secondary N) is 1. The van der Waals surface area contributed by atoms with Crippen molar-refractivity contribution in [2.45, 2.75) is 6.92 Å². The highest BCUT2D eigenvalue weighted by Crippen LogP contribution is 2.16. The number of carbonyl (C=O) groups is 1. The smallest absolute Gasteiger partial charge is 0.272 e. The summed E-state index contributed by atoms with van der Waals surface area (Å²) in [4.78, 5) is 21.4. The fraction of sp³-hybridized carbons (Fsp3) is 0.308. The minimum absolute atomic E-state index is 0.211. The molecular weight excluding hydrogens is 267 g/mol. The number of benzene rings is 1. The van der Waals surface area contributed by atoms with Gasteiger partial charge in [-0.25, -0.2) is 4.39 Å². The van der Waals surface area contributed by atoms with Gasteiger partial charge in [0, 0.05) is 12.6 Å². The van der Waals surface area contributed by atoms with Crippen LogP contribution in [-0.4, -0.2) is 30.6 Å². The molecular formula is C13H15FN2O4. The minimum atomic E-state index is -0.931. The Morgan fingerprint density at radius 1 is 1.55 bits per heavy atom. The average molecular weight is 282 g/mol. The van der Waals surface area contributed by atoms with Gasteiger partial charge in [0.25, 0.3) is 11.6 Å². The first kappa shape index (κ1) is 15.8. The maximum Gasteiger partial charge on any atom is 0.272 e. The normalized spacial score (nSPS) is 10.1. The van der Waals surface area contributed by atoms with Crippen LogP contribution in [0.5, 0.6) is 0 Å². The summed E-state index contributed by atoms with van der Waals surface area (Å²) in [6.45, 7) is 6.34. The highest BCUT2D eigenvalue weighted by atomic mass is 19.1. The first-order chi connectivity index (χ1) is 9.41. The number of carbonyl (C=O) groups excluding carboxylic acids is 1. The Morgan fingerprint density at radius 2 is 2.25 bits per heavy atom. The van der Waals surface area contributed by atoms with Gasteiger partial charge >= 0.3 is 0 Å². The Bertz CT molecular complexity index is 531. The number of rotatable bonds is 7. The van der Waals surface area contributed by atoms with E-state index in [9.17, 15) is 19.3 Å². The Hall–Kier alpha value is -2.28. The summed E-state index contributed by atoms with van der Waals surface area (Å²) in [6, 6.07) is 2.87. The van der Waals surface area contributed by atoms with Crippen LogP contribution in [-0.2, 0) is 4.74 Å². The first-order valence-electron chi connectivity index (χ1n) is 5.86. The summed E-state index contributed by atoms with van der Waals surface area (Å²) in [5, 5.41) is 12.9. The standard InChI is InChI=1S/C13H15FN2O4/c1-9(2)8-20-6-5-15-13(17)11-4-3-10(16(18)19)7-12(11)14/h3-4,7H,1,5-6,8H2,2H3,(H,15,17). The van der Waals surface area contributed by atoms with Crippen molar-refractivity contribution in [2.75, 3.05) is 19.8 Å². The van der Waals surface area contributed by atoms with E-state index >= 15 is 0 Å². The van der Waals surface area contributed by atoms with E-state index in [2.05, 4.69) is 11.9 Å². The minimum Gasteiger partial charge on any atom is -0.375 e. The summed E-state index contributed by atoms with van der Waals surface area (Å²) >= 11 is 0. The molecule has 1 N–H and O–H groups in total. The summed E-state index contributed by atoms with van der Waals surface area (Å²) < 4.78 is 18.7. The van der Waals surface area contributed by atoms with E-state index in [1.165, 1.54) is 0 Å². The molecule has 1 aromatic rings. The lowest BCUT2D eigenvalue weighted by atomic mass is 10.2. The molecule has 7 heteroatoms. The third kappa shape index (κ3) is 4.77. The van der Waals surface area contributed by atoms with Gasteiger partial charge in [-0.2, -0.15) is 0 Å². The number of non-ortho nitro benzene ring substituents is 1. The zero-order valence-corrected chi connectivity index (χ0v) is 11.0. The van der Waals surface area contributed by atoms with E-state index in [0.29, 0.717) is 12.7 Å². The third-order valence-corrected chi connectivity index (χ3v) is 2.29. The fourth-order valence-electron chi connectivity index (χ4n) is 1.38. The zero-order valence-electron chi connectivity index (χ0n) is 11.0. The molecule has 0 spiro atoms. The SMILES string of the molecule is C=C(C)COCCNC(=O)c1ccc([N+](=O)[O-])cc1F. The molecule has 1 rings (SSSR count). The molecule has 20 heavy (non-hydrogen) atoms. The Morgan fingerprint density at radius 3 is 2.80 bits per heavy atom. The van der Waals surface area contributed by atoms with E-state index in [1.807, 2.05) is 6.92 Å². The number of ether oxygens (including phenoxy) is 1. The van der Waals surface area contributed by atoms with Crippen LogP contribution in [0.3, 0.4) is 0 Å². The van der Waals surface area contributed by atoms with Crippen LogP contribution >= 0.6 is 0 Å². The number of nitro groups is 1. The van der Waals surface area contributed by atoms with E-state index in [-0.39, 0.29) is 18.7 Å². The number of hydrogen-bond donors (Lipinski definition) is 1. The van der Waals surface area contributed by atoms with Crippen molar-refractivity contribution >= 4 is 11.6 Å². The summed E-state index contributed by atoms with van der Waals surface area (Å²) in [5.74, 6) is -1.57. The Kier molecular flexibility index (Phi) is 5.79. The summed E-state index contributed by atoms with van der Waals surface area (Å²) in [6.07, 6.45) is 0. The fourth-order valence-corrected chi connectivity index (χ4v) is 1.38. The largest absolute Gasteiger partial charge is 0.375 e. The number of hydrogen-bond acceptors (Lipinski definition) is 4. The Balaban J connectivity index is 2.51. The van der Waals surface area contributed by atoms with E-state index in [0.717, 1.165) is 17.7 Å². The molecule has 0 bridgehead atoms. The summed E-state index contributed by atoms with van der Waals surface area (Å²) in [5.41, 5.74) is 0.220. The second-order valence-corrected chi connectivity index (χ2v) is 4.19. The average Bonchev–Trinajstić information content (AvgIpc) is 2.37.